The van der Waals surface area contributed by atoms with Crippen LogP contribution in [-0.4, -0.2) is 44.4 Å². The maximum absolute atomic E-state index is 2.52. The Morgan fingerprint density at radius 1 is 0.139 bits per heavy atom. The lowest BCUT2D eigenvalue weighted by Crippen LogP contribution is -2.18. The van der Waals surface area contributed by atoms with Crippen LogP contribution in [0.3, 0.4) is 0 Å². The van der Waals surface area contributed by atoms with Crippen LogP contribution < -0.4 is 19.6 Å². The highest BCUT2D eigenvalue weighted by atomic mass is 15.3. The molecule has 0 radical (unpaired) electrons. The third kappa shape index (κ3) is 12.5. The number of benzene rings is 24. The molecule has 8 nitrogen and oxygen atoms in total. The van der Waals surface area contributed by atoms with Crippen LogP contribution in [0.15, 0.2) is 461 Å². The first-order valence-corrected chi connectivity index (χ1v) is 50.7. The van der Waals surface area contributed by atoms with Crippen LogP contribution in [-0.2, 0) is 0 Å². The summed E-state index contributed by atoms with van der Waals surface area (Å²) in [4.78, 5) is 10.0. The second kappa shape index (κ2) is 32.7. The molecule has 4 aliphatic rings. The molecule has 0 atom stereocenters. The second-order valence-electron chi connectivity index (χ2n) is 38.8. The number of aromatic nitrogens is 4. The SMILES string of the molecule is CCN1c2c(ccc3ccccc23)-c2ccc3ccccc3c2-n2c1cc1c3ccccc3ccc12.CCN1c2c(ccc3ccccc23)-c2ccc3ccccc3c2-n2c1cc1cc3ccccc3cc12.CCN1c2cc3ccccc3cc2-c2ccc3ccccc3c2-n2c1cc1cc3ccccc3cc12.CCN1c2ccc3ccccc3c2-c2ccc3ccccc3c2-n2c1cc1cc3ccccc3cc12. The van der Waals surface area contributed by atoms with E-state index in [0.717, 1.165) is 26.2 Å². The van der Waals surface area contributed by atoms with Gasteiger partial charge in [-0.15, -0.1) is 0 Å². The van der Waals surface area contributed by atoms with E-state index in [9.17, 15) is 0 Å². The molecule has 0 saturated carbocycles. The molecule has 24 aromatic carbocycles. The van der Waals surface area contributed by atoms with Crippen LogP contribution in [0.4, 0.5) is 46.0 Å². The van der Waals surface area contributed by atoms with Gasteiger partial charge in [-0.3, -0.25) is 18.3 Å². The standard InChI is InChI=1S/4C34H24N2/c1-2-35-32-21-30-25-12-6-3-9-22(25)17-20-31(30)36(32)34-27-14-8-5-11-24(27)16-19-29(34)28-18-15-23-10-4-7-13-26(23)33(28)35;1-2-35-32-20-26-13-6-4-11-24(26)18-30(32)29-16-15-22-9-7-8-14-28(22)34(29)36-31-19-25-12-5-3-10-23(25)17-27(31)21-33(35)36;1-2-35-30-18-16-22-9-5-7-13-27(22)33(30)29-17-15-23-10-6-8-14-28(23)34(29)36-31-20-25-12-4-3-11-24(25)19-26(31)21-32(35)36;1-2-35-32-21-26-19-24-11-3-4-12-25(24)20-31(26)36(32)34-28-14-8-6-10-23(28)16-18-30(34)29-17-15-22-9-5-7-13-27(22)33(29)35/h4*3-21H,2H2,1H3. The van der Waals surface area contributed by atoms with Gasteiger partial charge in [-0.25, -0.2) is 0 Å². The topological polar surface area (TPSA) is 32.7 Å². The second-order valence-corrected chi connectivity index (χ2v) is 38.8. The Kier molecular flexibility index (Phi) is 18.8. The van der Waals surface area contributed by atoms with Gasteiger partial charge in [-0.2, -0.15) is 0 Å². The van der Waals surface area contributed by atoms with Crippen LogP contribution >= 0.6 is 0 Å². The van der Waals surface area contributed by atoms with Crippen LogP contribution in [0, 0.1) is 0 Å². The molecule has 144 heavy (non-hydrogen) atoms. The van der Waals surface area contributed by atoms with Crippen molar-refractivity contribution < 1.29 is 0 Å². The van der Waals surface area contributed by atoms with Crippen molar-refractivity contribution >= 4 is 219 Å². The highest BCUT2D eigenvalue weighted by molar-refractivity contribution is 6.20. The fourth-order valence-corrected chi connectivity index (χ4v) is 24.9. The van der Waals surface area contributed by atoms with Gasteiger partial charge >= 0.3 is 0 Å². The van der Waals surface area contributed by atoms with Crippen LogP contribution in [0.2, 0.25) is 0 Å². The first-order chi connectivity index (χ1) is 71.3. The third-order valence-corrected chi connectivity index (χ3v) is 31.3. The van der Waals surface area contributed by atoms with E-state index in [-0.39, 0.29) is 0 Å². The quantitative estimate of drug-likeness (QED) is 0.176. The Hall–Kier alpha value is -18.2. The lowest BCUT2D eigenvalue weighted by Gasteiger charge is -2.25. The van der Waals surface area contributed by atoms with Crippen molar-refractivity contribution in [2.24, 2.45) is 0 Å². The molecule has 0 bridgehead atoms. The average molecular weight is 1840 g/mol. The van der Waals surface area contributed by atoms with Gasteiger partial charge in [0.1, 0.15) is 23.3 Å². The molecule has 28 aromatic rings. The van der Waals surface area contributed by atoms with Crippen molar-refractivity contribution in [2.75, 3.05) is 45.8 Å². The first kappa shape index (κ1) is 82.8. The van der Waals surface area contributed by atoms with E-state index in [1.807, 2.05) is 0 Å². The van der Waals surface area contributed by atoms with Gasteiger partial charge in [0, 0.05) is 125 Å². The van der Waals surface area contributed by atoms with Crippen molar-refractivity contribution in [3.63, 3.8) is 0 Å². The van der Waals surface area contributed by atoms with Gasteiger partial charge in [0.2, 0.25) is 0 Å². The maximum atomic E-state index is 2.52. The van der Waals surface area contributed by atoms with Gasteiger partial charge in [0.25, 0.3) is 0 Å². The van der Waals surface area contributed by atoms with Gasteiger partial charge in [-0.05, 0) is 210 Å². The van der Waals surface area contributed by atoms with Crippen molar-refractivity contribution in [1.82, 2.24) is 18.3 Å². The number of nitrogens with zero attached hydrogens (tertiary/aromatic N) is 8. The highest BCUT2D eigenvalue weighted by Crippen LogP contribution is 2.57. The van der Waals surface area contributed by atoms with E-state index < -0.39 is 0 Å². The van der Waals surface area contributed by atoms with Crippen LogP contribution in [0.1, 0.15) is 27.7 Å². The molecule has 0 N–H and O–H groups in total. The molecule has 8 heteroatoms. The lowest BCUT2D eigenvalue weighted by molar-refractivity contribution is 0.971. The normalized spacial score (nSPS) is 12.6. The van der Waals surface area contributed by atoms with Crippen LogP contribution in [0.25, 0.3) is 240 Å². The van der Waals surface area contributed by atoms with E-state index in [4.69, 9.17) is 0 Å². The predicted octanol–water partition coefficient (Wildman–Crippen LogP) is 36.9. The average Bonchev–Trinajstić information content (AvgIpc) is 1.56. The van der Waals surface area contributed by atoms with Crippen molar-refractivity contribution in [1.29, 1.82) is 0 Å². The summed E-state index contributed by atoms with van der Waals surface area (Å²) in [7, 11) is 0. The van der Waals surface area contributed by atoms with Gasteiger partial charge in [-0.1, -0.05) is 376 Å². The molecule has 0 spiro atoms. The third-order valence-electron chi connectivity index (χ3n) is 31.3. The summed E-state index contributed by atoms with van der Waals surface area (Å²) in [5.41, 5.74) is 25.4. The largest absolute Gasteiger partial charge is 0.327 e. The van der Waals surface area contributed by atoms with E-state index in [0.29, 0.717) is 0 Å². The molecule has 680 valence electrons. The fraction of sp³-hybridized carbons (Fsp3) is 0.0588. The monoisotopic (exact) mass is 1840 g/mol. The summed E-state index contributed by atoms with van der Waals surface area (Å²) in [5.74, 6) is 4.87. The minimum atomic E-state index is 0.876. The Bertz CT molecular complexity index is 10000. The molecule has 4 aliphatic heterocycles. The van der Waals surface area contributed by atoms with Crippen molar-refractivity contribution in [3.8, 4) is 67.3 Å². The fourth-order valence-electron chi connectivity index (χ4n) is 24.9. The Morgan fingerprint density at radius 2 is 0.382 bits per heavy atom. The van der Waals surface area contributed by atoms with Gasteiger partial charge in [0.05, 0.1) is 67.6 Å². The minimum absolute atomic E-state index is 0.876. The summed E-state index contributed by atoms with van der Waals surface area (Å²) in [5, 5.41) is 35.7. The van der Waals surface area contributed by atoms with Gasteiger partial charge < -0.3 is 19.6 Å². The van der Waals surface area contributed by atoms with Gasteiger partial charge in [0.15, 0.2) is 0 Å². The number of anilines is 8. The lowest BCUT2D eigenvalue weighted by atomic mass is 9.92. The van der Waals surface area contributed by atoms with Crippen LogP contribution in [0.5, 0.6) is 0 Å². The molecule has 0 unspecified atom stereocenters. The maximum Gasteiger partial charge on any atom is 0.118 e. The summed E-state index contributed by atoms with van der Waals surface area (Å²) in [6, 6.07) is 170. The number of fused-ring (bicyclic) bond motifs is 48. The molecule has 0 aliphatic carbocycles. The molecule has 0 fully saturated rings. The zero-order chi connectivity index (χ0) is 95.2. The molecular formula is C136H96N8. The minimum Gasteiger partial charge on any atom is -0.327 e. The molecule has 0 saturated heterocycles. The molecule has 8 heterocycles. The smallest absolute Gasteiger partial charge is 0.118 e. The first-order valence-electron chi connectivity index (χ1n) is 50.7. The molecule has 0 amide bonds. The molecule has 4 aromatic heterocycles. The molecule has 32 rings (SSSR count). The van der Waals surface area contributed by atoms with E-state index >= 15 is 0 Å². The Labute approximate surface area is 833 Å². The summed E-state index contributed by atoms with van der Waals surface area (Å²) in [6.45, 7) is 12.6. The number of hydrogen-bond donors (Lipinski definition) is 0. The van der Waals surface area contributed by atoms with Crippen molar-refractivity contribution in [3.05, 3.63) is 461 Å². The number of rotatable bonds is 4. The highest BCUT2D eigenvalue weighted by Gasteiger charge is 2.36. The Balaban J connectivity index is 0.0000000913. The zero-order valence-corrected chi connectivity index (χ0v) is 80.3. The van der Waals surface area contributed by atoms with E-state index in [2.05, 4.69) is 527 Å². The summed E-state index contributed by atoms with van der Waals surface area (Å²) < 4.78 is 10.0. The van der Waals surface area contributed by atoms with E-state index in [1.165, 1.54) is 286 Å². The number of hydrogen-bond acceptors (Lipinski definition) is 4. The summed E-state index contributed by atoms with van der Waals surface area (Å²) in [6.07, 6.45) is 0. The summed E-state index contributed by atoms with van der Waals surface area (Å²) >= 11 is 0. The molecular weight excluding hydrogens is 1750 g/mol. The van der Waals surface area contributed by atoms with E-state index in [1.54, 1.807) is 0 Å². The predicted molar refractivity (Wildman–Crippen MR) is 616 cm³/mol. The zero-order valence-electron chi connectivity index (χ0n) is 80.3. The van der Waals surface area contributed by atoms with Crippen molar-refractivity contribution in [2.45, 2.75) is 27.7 Å². The Morgan fingerprint density at radius 3 is 0.757 bits per heavy atom.